The van der Waals surface area contributed by atoms with Gasteiger partial charge in [-0.05, 0) is 54.7 Å². The predicted molar refractivity (Wildman–Crippen MR) is 129 cm³/mol. The molecule has 8 heteroatoms. The summed E-state index contributed by atoms with van der Waals surface area (Å²) in [4.78, 5) is 4.35. The number of hydrogen-bond donors (Lipinski definition) is 2. The molecule has 6 nitrogen and oxygen atoms in total. The van der Waals surface area contributed by atoms with Gasteiger partial charge in [-0.3, -0.25) is 4.99 Å². The highest BCUT2D eigenvalue weighted by molar-refractivity contribution is 14.0. The van der Waals surface area contributed by atoms with Crippen molar-refractivity contribution in [2.24, 2.45) is 4.99 Å². The van der Waals surface area contributed by atoms with E-state index in [0.29, 0.717) is 18.1 Å². The number of benzene rings is 2. The minimum atomic E-state index is -0.188. The van der Waals surface area contributed by atoms with Gasteiger partial charge in [-0.25, -0.2) is 4.39 Å². The van der Waals surface area contributed by atoms with Crippen LogP contribution in [0.1, 0.15) is 29.5 Å². The summed E-state index contributed by atoms with van der Waals surface area (Å²) in [5.41, 5.74) is 2.78. The van der Waals surface area contributed by atoms with Gasteiger partial charge in [0.05, 0.1) is 0 Å². The quantitative estimate of drug-likeness (QED) is 0.342. The molecule has 0 amide bonds. The molecule has 0 spiro atoms. The third-order valence-electron chi connectivity index (χ3n) is 5.93. The van der Waals surface area contributed by atoms with E-state index in [1.54, 1.807) is 20.0 Å². The third-order valence-corrected chi connectivity index (χ3v) is 5.93. The first-order valence-electron chi connectivity index (χ1n) is 10.3. The first-order valence-corrected chi connectivity index (χ1v) is 10.3. The van der Waals surface area contributed by atoms with Crippen molar-refractivity contribution >= 4 is 29.9 Å². The van der Waals surface area contributed by atoms with Gasteiger partial charge in [0.1, 0.15) is 5.82 Å². The van der Waals surface area contributed by atoms with Crippen LogP contribution in [0.4, 0.5) is 4.39 Å². The number of rotatable bonds is 5. The SMILES string of the molecule is CN=C(NCc1ccc(F)c(C)c1)NCC1(c2ccc3c(c2)OCO3)CCOCC1.I. The monoisotopic (exact) mass is 541 g/mol. The lowest BCUT2D eigenvalue weighted by atomic mass is 9.74. The van der Waals surface area contributed by atoms with Crippen molar-refractivity contribution in [3.63, 3.8) is 0 Å². The zero-order valence-corrected chi connectivity index (χ0v) is 20.2. The van der Waals surface area contributed by atoms with Crippen molar-refractivity contribution in [1.29, 1.82) is 0 Å². The summed E-state index contributed by atoms with van der Waals surface area (Å²) in [5, 5.41) is 6.80. The van der Waals surface area contributed by atoms with Crippen molar-refractivity contribution in [3.05, 3.63) is 58.9 Å². The number of fused-ring (bicyclic) bond motifs is 1. The molecule has 0 aromatic heterocycles. The highest BCUT2D eigenvalue weighted by Crippen LogP contribution is 2.40. The molecule has 1 fully saturated rings. The van der Waals surface area contributed by atoms with Gasteiger partial charge in [0.15, 0.2) is 17.5 Å². The lowest BCUT2D eigenvalue weighted by molar-refractivity contribution is 0.0513. The molecule has 2 aliphatic rings. The van der Waals surface area contributed by atoms with E-state index >= 15 is 0 Å². The molecular formula is C23H29FIN3O3. The standard InChI is InChI=1S/C23H28FN3O3.HI/c1-16-11-17(3-5-19(16)24)13-26-22(25-2)27-14-23(7-9-28-10-8-23)18-4-6-20-21(12-18)30-15-29-20;/h3-6,11-12H,7-10,13-15H2,1-2H3,(H2,25,26,27);1H. The van der Waals surface area contributed by atoms with E-state index in [1.165, 1.54) is 11.6 Å². The van der Waals surface area contributed by atoms with E-state index in [1.807, 2.05) is 12.1 Å². The second-order valence-corrected chi connectivity index (χ2v) is 7.82. The number of hydrogen-bond acceptors (Lipinski definition) is 4. The molecule has 2 aromatic rings. The fraction of sp³-hybridized carbons (Fsp3) is 0.435. The average Bonchev–Trinajstić information content (AvgIpc) is 3.25. The molecule has 0 aliphatic carbocycles. The Morgan fingerprint density at radius 3 is 2.58 bits per heavy atom. The van der Waals surface area contributed by atoms with Crippen LogP contribution >= 0.6 is 24.0 Å². The molecule has 2 N–H and O–H groups in total. The van der Waals surface area contributed by atoms with Crippen molar-refractivity contribution in [3.8, 4) is 11.5 Å². The summed E-state index contributed by atoms with van der Waals surface area (Å²) in [6, 6.07) is 11.3. The van der Waals surface area contributed by atoms with E-state index in [0.717, 1.165) is 49.7 Å². The van der Waals surface area contributed by atoms with Gasteiger partial charge in [-0.1, -0.05) is 18.2 Å². The number of aryl methyl sites for hydroxylation is 1. The summed E-state index contributed by atoms with van der Waals surface area (Å²) in [6.07, 6.45) is 1.82. The molecule has 4 rings (SSSR count). The topological polar surface area (TPSA) is 64.1 Å². The Morgan fingerprint density at radius 2 is 1.84 bits per heavy atom. The smallest absolute Gasteiger partial charge is 0.231 e. The maximum Gasteiger partial charge on any atom is 0.231 e. The van der Waals surface area contributed by atoms with Crippen LogP contribution in [0.5, 0.6) is 11.5 Å². The zero-order valence-electron chi connectivity index (χ0n) is 17.9. The summed E-state index contributed by atoms with van der Waals surface area (Å²) >= 11 is 0. The van der Waals surface area contributed by atoms with Crippen molar-refractivity contribution in [2.45, 2.75) is 31.7 Å². The van der Waals surface area contributed by atoms with Gasteiger partial charge in [-0.2, -0.15) is 0 Å². The highest BCUT2D eigenvalue weighted by Gasteiger charge is 2.35. The van der Waals surface area contributed by atoms with Crippen LogP contribution in [0.25, 0.3) is 0 Å². The Bertz CT molecular complexity index is 932. The van der Waals surface area contributed by atoms with Crippen LogP contribution in [-0.4, -0.2) is 39.6 Å². The Morgan fingerprint density at radius 1 is 1.06 bits per heavy atom. The van der Waals surface area contributed by atoms with E-state index in [-0.39, 0.29) is 42.0 Å². The van der Waals surface area contributed by atoms with Crippen LogP contribution in [0.15, 0.2) is 41.4 Å². The number of guanidine groups is 1. The van der Waals surface area contributed by atoms with Gasteiger partial charge in [0, 0.05) is 38.8 Å². The van der Waals surface area contributed by atoms with Gasteiger partial charge < -0.3 is 24.8 Å². The average molecular weight is 541 g/mol. The molecule has 1 saturated heterocycles. The first kappa shape index (κ1) is 23.6. The van der Waals surface area contributed by atoms with E-state index in [9.17, 15) is 4.39 Å². The zero-order chi connectivity index (χ0) is 21.0. The number of nitrogens with zero attached hydrogens (tertiary/aromatic N) is 1. The lowest BCUT2D eigenvalue weighted by Gasteiger charge is -2.38. The molecule has 2 aromatic carbocycles. The first-order chi connectivity index (χ1) is 14.6. The molecule has 0 bridgehead atoms. The number of nitrogens with one attached hydrogen (secondary N) is 2. The predicted octanol–water partition coefficient (Wildman–Crippen LogP) is 3.89. The molecule has 2 heterocycles. The van der Waals surface area contributed by atoms with Crippen LogP contribution in [0.2, 0.25) is 0 Å². The second-order valence-electron chi connectivity index (χ2n) is 7.82. The molecule has 0 atom stereocenters. The summed E-state index contributed by atoms with van der Waals surface area (Å²) in [5.74, 6) is 2.11. The van der Waals surface area contributed by atoms with Crippen molar-refractivity contribution < 1.29 is 18.6 Å². The third kappa shape index (κ3) is 5.41. The van der Waals surface area contributed by atoms with E-state index in [2.05, 4.69) is 27.8 Å². The normalized spacial score (nSPS) is 17.1. The molecular weight excluding hydrogens is 512 g/mol. The summed E-state index contributed by atoms with van der Waals surface area (Å²) < 4.78 is 30.2. The van der Waals surface area contributed by atoms with Crippen LogP contribution < -0.4 is 20.1 Å². The van der Waals surface area contributed by atoms with Crippen LogP contribution in [-0.2, 0) is 16.7 Å². The highest BCUT2D eigenvalue weighted by atomic mass is 127. The van der Waals surface area contributed by atoms with Gasteiger partial charge in [0.25, 0.3) is 0 Å². The summed E-state index contributed by atoms with van der Waals surface area (Å²) in [6.45, 7) is 4.77. The van der Waals surface area contributed by atoms with E-state index in [4.69, 9.17) is 14.2 Å². The van der Waals surface area contributed by atoms with Gasteiger partial charge in [0.2, 0.25) is 6.79 Å². The largest absolute Gasteiger partial charge is 0.454 e. The fourth-order valence-corrected chi connectivity index (χ4v) is 4.03. The molecule has 0 saturated carbocycles. The van der Waals surface area contributed by atoms with Crippen LogP contribution in [0, 0.1) is 12.7 Å². The van der Waals surface area contributed by atoms with Gasteiger partial charge >= 0.3 is 0 Å². The number of ether oxygens (including phenoxy) is 3. The van der Waals surface area contributed by atoms with Gasteiger partial charge in [-0.15, -0.1) is 24.0 Å². The Labute approximate surface area is 199 Å². The van der Waals surface area contributed by atoms with Crippen LogP contribution in [0.3, 0.4) is 0 Å². The lowest BCUT2D eigenvalue weighted by Crippen LogP contribution is -2.47. The molecule has 0 radical (unpaired) electrons. The number of halogens is 2. The van der Waals surface area contributed by atoms with Crippen molar-refractivity contribution in [2.75, 3.05) is 33.6 Å². The second kappa shape index (κ2) is 10.5. The number of aliphatic imine (C=N–C) groups is 1. The Kier molecular flexibility index (Phi) is 7.99. The maximum atomic E-state index is 13.5. The maximum absolute atomic E-state index is 13.5. The minimum absolute atomic E-state index is 0. The summed E-state index contributed by atoms with van der Waals surface area (Å²) in [7, 11) is 1.75. The van der Waals surface area contributed by atoms with E-state index < -0.39 is 0 Å². The molecule has 0 unspecified atom stereocenters. The molecule has 31 heavy (non-hydrogen) atoms. The minimum Gasteiger partial charge on any atom is -0.454 e. The Balaban J connectivity index is 0.00000272. The van der Waals surface area contributed by atoms with Crippen molar-refractivity contribution in [1.82, 2.24) is 10.6 Å². The Hall–Kier alpha value is -2.07. The molecule has 2 aliphatic heterocycles. The molecule has 168 valence electrons. The fourth-order valence-electron chi connectivity index (χ4n) is 4.03.